The summed E-state index contributed by atoms with van der Waals surface area (Å²) in [6, 6.07) is 11.5. The summed E-state index contributed by atoms with van der Waals surface area (Å²) in [6.07, 6.45) is 2.54. The predicted molar refractivity (Wildman–Crippen MR) is 108 cm³/mol. The van der Waals surface area contributed by atoms with E-state index in [1.54, 1.807) is 17.6 Å². The van der Waals surface area contributed by atoms with Gasteiger partial charge in [0.05, 0.1) is 6.21 Å². The van der Waals surface area contributed by atoms with Crippen molar-refractivity contribution in [2.24, 2.45) is 10.2 Å². The van der Waals surface area contributed by atoms with E-state index in [2.05, 4.69) is 20.8 Å². The van der Waals surface area contributed by atoms with Gasteiger partial charge in [-0.15, -0.1) is 16.4 Å². The van der Waals surface area contributed by atoms with Gasteiger partial charge in [-0.3, -0.25) is 9.59 Å². The van der Waals surface area contributed by atoms with Crippen LogP contribution in [0.15, 0.2) is 52.0 Å². The first-order valence-electron chi connectivity index (χ1n) is 8.15. The van der Waals surface area contributed by atoms with Gasteiger partial charge in [-0.05, 0) is 29.5 Å². The lowest BCUT2D eigenvalue weighted by atomic mass is 10.1. The van der Waals surface area contributed by atoms with E-state index in [4.69, 9.17) is 0 Å². The van der Waals surface area contributed by atoms with E-state index in [0.29, 0.717) is 5.17 Å². The number of thiophene rings is 1. The Morgan fingerprint density at radius 3 is 2.92 bits per heavy atom. The standard InChI is InChI=1S/C18H18N4O2S2/c1-2-12-6-3-4-8-14(12)20-16(23)10-15-17(24)21-18(26-15)22-19-11-13-7-5-9-25-13/h3-9,11,15H,2,10H2,1H3,(H,20,23)(H,21,22,24)/b19-11+. The minimum absolute atomic E-state index is 0.0855. The number of carbonyl (C=O) groups excluding carboxylic acids is 2. The molecule has 2 N–H and O–H groups in total. The molecule has 26 heavy (non-hydrogen) atoms. The fourth-order valence-corrected chi connectivity index (χ4v) is 3.91. The number of nitrogens with zero attached hydrogens (tertiary/aromatic N) is 2. The van der Waals surface area contributed by atoms with E-state index in [0.717, 1.165) is 22.5 Å². The summed E-state index contributed by atoms with van der Waals surface area (Å²) in [5.41, 5.74) is 1.85. The lowest BCUT2D eigenvalue weighted by molar-refractivity contribution is -0.122. The van der Waals surface area contributed by atoms with Crippen LogP contribution in [0.25, 0.3) is 0 Å². The highest BCUT2D eigenvalue weighted by Crippen LogP contribution is 2.24. The number of hydrogen-bond donors (Lipinski definition) is 2. The second-order valence-electron chi connectivity index (χ2n) is 5.52. The summed E-state index contributed by atoms with van der Waals surface area (Å²) in [5, 5.41) is 15.4. The summed E-state index contributed by atoms with van der Waals surface area (Å²) < 4.78 is 0. The molecule has 1 saturated heterocycles. The number of benzene rings is 1. The summed E-state index contributed by atoms with van der Waals surface area (Å²) in [6.45, 7) is 2.03. The van der Waals surface area contributed by atoms with Crippen molar-refractivity contribution in [3.05, 3.63) is 52.2 Å². The molecule has 134 valence electrons. The third-order valence-corrected chi connectivity index (χ3v) is 5.58. The normalized spacial score (nSPS) is 18.4. The molecular weight excluding hydrogens is 368 g/mol. The van der Waals surface area contributed by atoms with Crippen LogP contribution in [-0.2, 0) is 16.0 Å². The Labute approximate surface area is 159 Å². The van der Waals surface area contributed by atoms with E-state index >= 15 is 0 Å². The zero-order valence-corrected chi connectivity index (χ0v) is 15.8. The van der Waals surface area contributed by atoms with Crippen LogP contribution in [0, 0.1) is 0 Å². The minimum Gasteiger partial charge on any atom is -0.326 e. The molecule has 2 amide bonds. The van der Waals surface area contributed by atoms with Crippen LogP contribution in [0.4, 0.5) is 5.69 Å². The van der Waals surface area contributed by atoms with Crippen LogP contribution in [-0.4, -0.2) is 28.4 Å². The minimum atomic E-state index is -0.500. The molecule has 8 heteroatoms. The van der Waals surface area contributed by atoms with Crippen molar-refractivity contribution >= 4 is 52.0 Å². The molecule has 6 nitrogen and oxygen atoms in total. The average molecular weight is 387 g/mol. The number of hydrogen-bond acceptors (Lipinski definition) is 6. The first-order chi connectivity index (χ1) is 12.7. The molecule has 1 atom stereocenters. The zero-order valence-electron chi connectivity index (χ0n) is 14.1. The third kappa shape index (κ3) is 4.80. The fourth-order valence-electron chi connectivity index (χ4n) is 2.41. The van der Waals surface area contributed by atoms with Crippen molar-refractivity contribution in [1.82, 2.24) is 5.32 Å². The highest BCUT2D eigenvalue weighted by Gasteiger charge is 2.32. The summed E-state index contributed by atoms with van der Waals surface area (Å²) in [7, 11) is 0. The Bertz CT molecular complexity index is 847. The maximum Gasteiger partial charge on any atom is 0.240 e. The van der Waals surface area contributed by atoms with Crippen molar-refractivity contribution in [1.29, 1.82) is 0 Å². The third-order valence-electron chi connectivity index (χ3n) is 3.70. The van der Waals surface area contributed by atoms with Gasteiger partial charge < -0.3 is 10.6 Å². The topological polar surface area (TPSA) is 82.9 Å². The fraction of sp³-hybridized carbons (Fsp3) is 0.222. The van der Waals surface area contributed by atoms with Crippen molar-refractivity contribution in [2.75, 3.05) is 5.32 Å². The van der Waals surface area contributed by atoms with E-state index in [1.807, 2.05) is 48.7 Å². The van der Waals surface area contributed by atoms with Gasteiger partial charge in [0, 0.05) is 17.0 Å². The van der Waals surface area contributed by atoms with Crippen molar-refractivity contribution in [3.63, 3.8) is 0 Å². The largest absolute Gasteiger partial charge is 0.326 e. The Balaban J connectivity index is 1.56. The smallest absolute Gasteiger partial charge is 0.240 e. The molecule has 1 aliphatic heterocycles. The van der Waals surface area contributed by atoms with Crippen LogP contribution in [0.3, 0.4) is 0 Å². The Morgan fingerprint density at radius 2 is 2.15 bits per heavy atom. The molecule has 1 aromatic heterocycles. The van der Waals surface area contributed by atoms with E-state index in [9.17, 15) is 9.59 Å². The van der Waals surface area contributed by atoms with Crippen LogP contribution in [0.5, 0.6) is 0 Å². The summed E-state index contributed by atoms with van der Waals surface area (Å²) >= 11 is 2.78. The molecule has 0 radical (unpaired) electrons. The maximum absolute atomic E-state index is 12.3. The molecule has 1 aliphatic rings. The number of para-hydroxylation sites is 1. The first kappa shape index (κ1) is 18.3. The molecular formula is C18H18N4O2S2. The molecule has 0 spiro atoms. The van der Waals surface area contributed by atoms with Gasteiger partial charge in [0.25, 0.3) is 0 Å². The van der Waals surface area contributed by atoms with Crippen molar-refractivity contribution in [3.8, 4) is 0 Å². The molecule has 0 aliphatic carbocycles. The van der Waals surface area contributed by atoms with Gasteiger partial charge in [-0.1, -0.05) is 43.0 Å². The molecule has 0 bridgehead atoms. The van der Waals surface area contributed by atoms with E-state index in [-0.39, 0.29) is 18.2 Å². The Kier molecular flexibility index (Phi) is 6.19. The lowest BCUT2D eigenvalue weighted by Crippen LogP contribution is -2.28. The van der Waals surface area contributed by atoms with Gasteiger partial charge in [0.1, 0.15) is 5.25 Å². The molecule has 1 fully saturated rings. The maximum atomic E-state index is 12.3. The van der Waals surface area contributed by atoms with Gasteiger partial charge in [0.2, 0.25) is 11.8 Å². The number of thioether (sulfide) groups is 1. The second-order valence-corrected chi connectivity index (χ2v) is 7.69. The second kappa shape index (κ2) is 8.77. The molecule has 2 aromatic rings. The summed E-state index contributed by atoms with van der Waals surface area (Å²) in [4.78, 5) is 25.3. The van der Waals surface area contributed by atoms with Crippen LogP contribution in [0.1, 0.15) is 23.8 Å². The summed E-state index contributed by atoms with van der Waals surface area (Å²) in [5.74, 6) is -0.416. The van der Waals surface area contributed by atoms with Gasteiger partial charge in [-0.25, -0.2) is 0 Å². The molecule has 1 aromatic carbocycles. The van der Waals surface area contributed by atoms with E-state index < -0.39 is 5.25 Å². The molecule has 2 heterocycles. The monoisotopic (exact) mass is 386 g/mol. The average Bonchev–Trinajstić information content (AvgIpc) is 3.26. The lowest BCUT2D eigenvalue weighted by Gasteiger charge is -2.10. The number of carbonyl (C=O) groups is 2. The Hall–Kier alpha value is -2.45. The van der Waals surface area contributed by atoms with Crippen LogP contribution < -0.4 is 10.6 Å². The number of amidine groups is 1. The van der Waals surface area contributed by atoms with E-state index in [1.165, 1.54) is 11.8 Å². The number of aryl methyl sites for hydroxylation is 1. The Morgan fingerprint density at radius 1 is 1.31 bits per heavy atom. The van der Waals surface area contributed by atoms with Gasteiger partial charge in [0.15, 0.2) is 5.17 Å². The quantitative estimate of drug-likeness (QED) is 0.590. The van der Waals surface area contributed by atoms with Crippen molar-refractivity contribution in [2.45, 2.75) is 25.0 Å². The highest BCUT2D eigenvalue weighted by molar-refractivity contribution is 8.15. The first-order valence-corrected chi connectivity index (χ1v) is 9.91. The van der Waals surface area contributed by atoms with Crippen LogP contribution >= 0.6 is 23.1 Å². The molecule has 0 saturated carbocycles. The number of amides is 2. The van der Waals surface area contributed by atoms with Gasteiger partial charge >= 0.3 is 0 Å². The van der Waals surface area contributed by atoms with Gasteiger partial charge in [-0.2, -0.15) is 5.10 Å². The number of rotatable bonds is 6. The zero-order chi connectivity index (χ0) is 18.4. The van der Waals surface area contributed by atoms with Crippen molar-refractivity contribution < 1.29 is 9.59 Å². The SMILES string of the molecule is CCc1ccccc1NC(=O)CC1S/C(=N/N=C/c2cccs2)NC1=O. The number of nitrogens with one attached hydrogen (secondary N) is 2. The predicted octanol–water partition coefficient (Wildman–Crippen LogP) is 3.26. The number of anilines is 1. The highest BCUT2D eigenvalue weighted by atomic mass is 32.2. The molecule has 3 rings (SSSR count). The van der Waals surface area contributed by atoms with Crippen LogP contribution in [0.2, 0.25) is 0 Å². The molecule has 1 unspecified atom stereocenters.